The zero-order valence-corrected chi connectivity index (χ0v) is 7.56. The van der Waals surface area contributed by atoms with E-state index >= 15 is 0 Å². The lowest BCUT2D eigenvalue weighted by Crippen LogP contribution is -2.15. The van der Waals surface area contributed by atoms with Gasteiger partial charge in [0.1, 0.15) is 0 Å². The van der Waals surface area contributed by atoms with Crippen molar-refractivity contribution in [2.45, 2.75) is 13.0 Å². The highest BCUT2D eigenvalue weighted by atomic mass is 16.5. The van der Waals surface area contributed by atoms with Gasteiger partial charge in [-0.25, -0.2) is 4.79 Å². The van der Waals surface area contributed by atoms with Crippen LogP contribution in [0.5, 0.6) is 0 Å². The summed E-state index contributed by atoms with van der Waals surface area (Å²) in [5.74, 6) is -0.629. The second-order valence-electron chi connectivity index (χ2n) is 2.74. The molecule has 0 aliphatic carbocycles. The minimum absolute atomic E-state index is 0.0936. The average Bonchev–Trinajstić information content (AvgIpc) is 2.61. The van der Waals surface area contributed by atoms with Crippen LogP contribution in [0.4, 0.5) is 0 Å². The lowest BCUT2D eigenvalue weighted by molar-refractivity contribution is 0.0685. The molecule has 0 aliphatic rings. The third kappa shape index (κ3) is 3.15. The Hall–Kier alpha value is -1.40. The van der Waals surface area contributed by atoms with Crippen LogP contribution in [0.15, 0.2) is 10.6 Å². The number of carbonyl (C=O) groups is 1. The van der Waals surface area contributed by atoms with Gasteiger partial charge in [-0.1, -0.05) is 5.16 Å². The number of rotatable bonds is 6. The summed E-state index contributed by atoms with van der Waals surface area (Å²) in [5, 5.41) is 23.3. The van der Waals surface area contributed by atoms with E-state index in [0.717, 1.165) is 0 Å². The normalized spacial score (nSPS) is 10.4. The van der Waals surface area contributed by atoms with Crippen molar-refractivity contribution in [1.82, 2.24) is 10.5 Å². The van der Waals surface area contributed by atoms with Crippen molar-refractivity contribution in [2.24, 2.45) is 0 Å². The van der Waals surface area contributed by atoms with Crippen LogP contribution in [0, 0.1) is 0 Å². The van der Waals surface area contributed by atoms with Crippen molar-refractivity contribution >= 4 is 5.97 Å². The summed E-state index contributed by atoms with van der Waals surface area (Å²) in [4.78, 5) is 10.4. The highest BCUT2D eigenvalue weighted by molar-refractivity contribution is 5.85. The van der Waals surface area contributed by atoms with Crippen LogP contribution < -0.4 is 5.32 Å². The highest BCUT2D eigenvalue weighted by Gasteiger charge is 2.09. The van der Waals surface area contributed by atoms with Gasteiger partial charge in [0.15, 0.2) is 11.5 Å². The lowest BCUT2D eigenvalue weighted by Gasteiger charge is -1.98. The Balaban J connectivity index is 2.33. The standard InChI is InChI=1S/C8H12N2O4/c11-3-1-2-9-5-6-4-7(8(12)13)10-14-6/h4,9,11H,1-3,5H2,(H,12,13). The summed E-state index contributed by atoms with van der Waals surface area (Å²) >= 11 is 0. The van der Waals surface area contributed by atoms with E-state index in [1.165, 1.54) is 6.07 Å². The number of nitrogens with zero attached hydrogens (tertiary/aromatic N) is 1. The minimum Gasteiger partial charge on any atom is -0.476 e. The highest BCUT2D eigenvalue weighted by Crippen LogP contribution is 2.02. The minimum atomic E-state index is -1.10. The number of nitrogens with one attached hydrogen (secondary N) is 1. The fourth-order valence-corrected chi connectivity index (χ4v) is 0.913. The molecule has 0 saturated heterocycles. The molecule has 6 heteroatoms. The number of aliphatic hydroxyl groups excluding tert-OH is 1. The smallest absolute Gasteiger partial charge is 0.358 e. The number of hydrogen-bond donors (Lipinski definition) is 3. The number of carboxylic acid groups (broad SMARTS) is 1. The van der Waals surface area contributed by atoms with Crippen molar-refractivity contribution in [1.29, 1.82) is 0 Å². The Kier molecular flexibility index (Phi) is 4.09. The summed E-state index contributed by atoms with van der Waals surface area (Å²) in [6, 6.07) is 1.37. The van der Waals surface area contributed by atoms with Gasteiger partial charge in [0.05, 0.1) is 6.54 Å². The Labute approximate surface area is 80.5 Å². The molecule has 0 bridgehead atoms. The van der Waals surface area contributed by atoms with E-state index in [2.05, 4.69) is 10.5 Å². The zero-order chi connectivity index (χ0) is 10.4. The molecule has 0 radical (unpaired) electrons. The first-order valence-corrected chi connectivity index (χ1v) is 4.24. The van der Waals surface area contributed by atoms with E-state index in [4.69, 9.17) is 14.7 Å². The number of aliphatic hydroxyl groups is 1. The lowest BCUT2D eigenvalue weighted by atomic mass is 10.3. The number of hydrogen-bond acceptors (Lipinski definition) is 5. The van der Waals surface area contributed by atoms with Crippen LogP contribution in [0.2, 0.25) is 0 Å². The van der Waals surface area contributed by atoms with Crippen molar-refractivity contribution in [3.63, 3.8) is 0 Å². The summed E-state index contributed by atoms with van der Waals surface area (Å²) in [5.41, 5.74) is -0.0936. The summed E-state index contributed by atoms with van der Waals surface area (Å²) in [6.45, 7) is 1.20. The predicted molar refractivity (Wildman–Crippen MR) is 46.9 cm³/mol. The van der Waals surface area contributed by atoms with Crippen LogP contribution >= 0.6 is 0 Å². The van der Waals surface area contributed by atoms with Crippen LogP contribution in [0.25, 0.3) is 0 Å². The second-order valence-corrected chi connectivity index (χ2v) is 2.74. The van der Waals surface area contributed by atoms with E-state index < -0.39 is 5.97 Å². The largest absolute Gasteiger partial charge is 0.476 e. The van der Waals surface area contributed by atoms with E-state index in [1.807, 2.05) is 0 Å². The van der Waals surface area contributed by atoms with Crippen LogP contribution in [-0.2, 0) is 6.54 Å². The first-order chi connectivity index (χ1) is 6.74. The molecule has 78 valence electrons. The summed E-state index contributed by atoms with van der Waals surface area (Å²) < 4.78 is 4.75. The maximum absolute atomic E-state index is 10.4. The van der Waals surface area contributed by atoms with Gasteiger partial charge >= 0.3 is 5.97 Å². The fourth-order valence-electron chi connectivity index (χ4n) is 0.913. The molecule has 1 aromatic rings. The molecule has 14 heavy (non-hydrogen) atoms. The van der Waals surface area contributed by atoms with Gasteiger partial charge in [0.2, 0.25) is 0 Å². The van der Waals surface area contributed by atoms with E-state index in [-0.39, 0.29) is 12.3 Å². The van der Waals surface area contributed by atoms with Gasteiger partial charge in [0, 0.05) is 12.7 Å². The van der Waals surface area contributed by atoms with Crippen molar-refractivity contribution < 1.29 is 19.5 Å². The van der Waals surface area contributed by atoms with Crippen molar-refractivity contribution in [2.75, 3.05) is 13.2 Å². The molecular formula is C8H12N2O4. The Bertz CT molecular complexity index is 297. The van der Waals surface area contributed by atoms with Gasteiger partial charge in [-0.2, -0.15) is 0 Å². The average molecular weight is 200 g/mol. The molecule has 0 unspecified atom stereocenters. The third-order valence-electron chi connectivity index (χ3n) is 1.59. The van der Waals surface area contributed by atoms with Gasteiger partial charge in [-0.05, 0) is 13.0 Å². The predicted octanol–water partition coefficient (Wildman–Crippen LogP) is -0.155. The maximum Gasteiger partial charge on any atom is 0.358 e. The van der Waals surface area contributed by atoms with Gasteiger partial charge in [-0.15, -0.1) is 0 Å². The van der Waals surface area contributed by atoms with Crippen LogP contribution in [-0.4, -0.2) is 34.5 Å². The molecule has 6 nitrogen and oxygen atoms in total. The first-order valence-electron chi connectivity index (χ1n) is 4.24. The molecule has 0 aliphatic heterocycles. The molecule has 0 aromatic carbocycles. The van der Waals surface area contributed by atoms with Gasteiger partial charge < -0.3 is 20.1 Å². The van der Waals surface area contributed by atoms with Gasteiger partial charge in [0.25, 0.3) is 0 Å². The topological polar surface area (TPSA) is 95.6 Å². The van der Waals surface area contributed by atoms with E-state index in [0.29, 0.717) is 25.3 Å². The van der Waals surface area contributed by atoms with E-state index in [9.17, 15) is 4.79 Å². The maximum atomic E-state index is 10.4. The molecule has 1 aromatic heterocycles. The van der Waals surface area contributed by atoms with Crippen LogP contribution in [0.3, 0.4) is 0 Å². The second kappa shape index (κ2) is 5.36. The monoisotopic (exact) mass is 200 g/mol. The quantitative estimate of drug-likeness (QED) is 0.552. The van der Waals surface area contributed by atoms with Crippen molar-refractivity contribution in [3.05, 3.63) is 17.5 Å². The molecule has 0 fully saturated rings. The number of aromatic carboxylic acids is 1. The summed E-state index contributed by atoms with van der Waals surface area (Å²) in [6.07, 6.45) is 0.653. The summed E-state index contributed by atoms with van der Waals surface area (Å²) in [7, 11) is 0. The van der Waals surface area contributed by atoms with E-state index in [1.54, 1.807) is 0 Å². The molecule has 0 saturated carbocycles. The van der Waals surface area contributed by atoms with Crippen molar-refractivity contribution in [3.8, 4) is 0 Å². The Morgan fingerprint density at radius 3 is 3.00 bits per heavy atom. The molecule has 1 heterocycles. The Morgan fingerprint density at radius 2 is 2.43 bits per heavy atom. The molecule has 0 spiro atoms. The third-order valence-corrected chi connectivity index (χ3v) is 1.59. The SMILES string of the molecule is O=C(O)c1cc(CNCCCO)on1. The first kappa shape index (κ1) is 10.7. The van der Waals surface area contributed by atoms with Crippen LogP contribution in [0.1, 0.15) is 22.7 Å². The number of carboxylic acids is 1. The molecule has 0 amide bonds. The van der Waals surface area contributed by atoms with Gasteiger partial charge in [-0.3, -0.25) is 0 Å². The molecule has 0 atom stereocenters. The molecule has 3 N–H and O–H groups in total. The fraction of sp³-hybridized carbons (Fsp3) is 0.500. The molecular weight excluding hydrogens is 188 g/mol. The number of aromatic nitrogens is 1. The molecule has 1 rings (SSSR count). The Morgan fingerprint density at radius 1 is 1.64 bits per heavy atom. The zero-order valence-electron chi connectivity index (χ0n) is 7.56.